The normalized spacial score (nSPS) is 11.2. The number of nitrogens with one attached hydrogen (secondary N) is 1. The molecule has 0 radical (unpaired) electrons. The van der Waals surface area contributed by atoms with Crippen LogP contribution in [0.2, 0.25) is 5.02 Å². The summed E-state index contributed by atoms with van der Waals surface area (Å²) in [5.74, 6) is 0.228. The third-order valence-corrected chi connectivity index (χ3v) is 6.32. The minimum Gasteiger partial charge on any atom is -0.403 e. The standard InChI is InChI=1S/C25H25ClN8O2/c1-4-33(5-2)22(35)15-34(21-9-7-6-8-20(21)26)25-31-30-24(36-25)19-13-28-23-18(19)10-16(11-27-23)17-12-29-32(3)14-17/h6-14H,4-5,15H2,1-3H3,(H,27,28). The second-order valence-electron chi connectivity index (χ2n) is 8.22. The summed E-state index contributed by atoms with van der Waals surface area (Å²) in [4.78, 5) is 24.1. The quantitative estimate of drug-likeness (QED) is 0.327. The van der Waals surface area contributed by atoms with E-state index >= 15 is 0 Å². The van der Waals surface area contributed by atoms with E-state index in [9.17, 15) is 4.79 Å². The number of H-pyrrole nitrogens is 1. The average molecular weight is 505 g/mol. The van der Waals surface area contributed by atoms with Crippen LogP contribution in [0.3, 0.4) is 0 Å². The highest BCUT2D eigenvalue weighted by Gasteiger charge is 2.25. The number of benzene rings is 1. The number of carbonyl (C=O) groups excluding carboxylic acids is 1. The van der Waals surface area contributed by atoms with Gasteiger partial charge in [0.25, 0.3) is 5.89 Å². The van der Waals surface area contributed by atoms with E-state index in [1.54, 1.807) is 39.1 Å². The zero-order valence-electron chi connectivity index (χ0n) is 20.1. The van der Waals surface area contributed by atoms with E-state index < -0.39 is 0 Å². The number of aryl methyl sites for hydroxylation is 1. The summed E-state index contributed by atoms with van der Waals surface area (Å²) >= 11 is 6.48. The number of hydrogen-bond donors (Lipinski definition) is 1. The lowest BCUT2D eigenvalue weighted by Gasteiger charge is -2.25. The molecule has 4 heterocycles. The first-order chi connectivity index (χ1) is 17.5. The number of pyridine rings is 1. The van der Waals surface area contributed by atoms with Crippen molar-refractivity contribution in [3.05, 3.63) is 60.1 Å². The second-order valence-corrected chi connectivity index (χ2v) is 8.63. The minimum atomic E-state index is -0.0722. The van der Waals surface area contributed by atoms with Gasteiger partial charge in [-0.25, -0.2) is 4.98 Å². The largest absolute Gasteiger partial charge is 0.403 e. The van der Waals surface area contributed by atoms with Crippen molar-refractivity contribution in [1.29, 1.82) is 0 Å². The summed E-state index contributed by atoms with van der Waals surface area (Å²) in [6, 6.07) is 9.42. The predicted molar refractivity (Wildman–Crippen MR) is 138 cm³/mol. The Morgan fingerprint density at radius 1 is 1.14 bits per heavy atom. The van der Waals surface area contributed by atoms with Crippen LogP contribution in [0.5, 0.6) is 0 Å². The van der Waals surface area contributed by atoms with Crippen LogP contribution in [-0.2, 0) is 11.8 Å². The molecule has 0 fully saturated rings. The van der Waals surface area contributed by atoms with E-state index in [0.717, 1.165) is 16.5 Å². The maximum Gasteiger partial charge on any atom is 0.323 e. The maximum atomic E-state index is 13.0. The van der Waals surface area contributed by atoms with Gasteiger partial charge in [0.15, 0.2) is 0 Å². The van der Waals surface area contributed by atoms with Crippen molar-refractivity contribution in [2.24, 2.45) is 7.05 Å². The monoisotopic (exact) mass is 504 g/mol. The Labute approximate surface area is 212 Å². The van der Waals surface area contributed by atoms with Crippen LogP contribution in [0.1, 0.15) is 13.8 Å². The number of anilines is 2. The van der Waals surface area contributed by atoms with Crippen molar-refractivity contribution in [2.45, 2.75) is 13.8 Å². The molecule has 5 aromatic rings. The summed E-state index contributed by atoms with van der Waals surface area (Å²) in [6.07, 6.45) is 7.28. The van der Waals surface area contributed by atoms with Crippen LogP contribution in [0, 0.1) is 0 Å². The molecule has 0 saturated heterocycles. The molecule has 184 valence electrons. The molecule has 11 heteroatoms. The molecule has 36 heavy (non-hydrogen) atoms. The molecule has 0 aliphatic carbocycles. The lowest BCUT2D eigenvalue weighted by molar-refractivity contribution is -0.129. The topological polar surface area (TPSA) is 109 Å². The molecule has 0 unspecified atom stereocenters. The number of aromatic nitrogens is 6. The van der Waals surface area contributed by atoms with Gasteiger partial charge >= 0.3 is 6.01 Å². The SMILES string of the molecule is CCN(CC)C(=O)CN(c1nnc(-c2c[nH]c3ncc(-c4cnn(C)c4)cc23)o1)c1ccccc1Cl. The smallest absolute Gasteiger partial charge is 0.323 e. The van der Waals surface area contributed by atoms with E-state index in [0.29, 0.717) is 40.9 Å². The summed E-state index contributed by atoms with van der Waals surface area (Å²) in [6.45, 7) is 5.09. The van der Waals surface area contributed by atoms with Gasteiger partial charge in [-0.3, -0.25) is 14.4 Å². The summed E-state index contributed by atoms with van der Waals surface area (Å²) in [5.41, 5.74) is 3.87. The third-order valence-electron chi connectivity index (χ3n) is 6.00. The number of halogens is 1. The van der Waals surface area contributed by atoms with E-state index in [-0.39, 0.29) is 18.5 Å². The number of carbonyl (C=O) groups is 1. The molecule has 1 N–H and O–H groups in total. The van der Waals surface area contributed by atoms with Crippen molar-refractivity contribution < 1.29 is 9.21 Å². The van der Waals surface area contributed by atoms with Gasteiger partial charge in [0.1, 0.15) is 12.2 Å². The van der Waals surface area contributed by atoms with Crippen LogP contribution in [0.4, 0.5) is 11.7 Å². The number of nitrogens with zero attached hydrogens (tertiary/aromatic N) is 7. The lowest BCUT2D eigenvalue weighted by Crippen LogP contribution is -2.38. The summed E-state index contributed by atoms with van der Waals surface area (Å²) in [5, 5.41) is 14.1. The van der Waals surface area contributed by atoms with Crippen LogP contribution in [0.25, 0.3) is 33.6 Å². The van der Waals surface area contributed by atoms with Crippen molar-refractivity contribution >= 4 is 40.2 Å². The number of aromatic amines is 1. The Bertz CT molecular complexity index is 1520. The van der Waals surface area contributed by atoms with Crippen molar-refractivity contribution in [3.63, 3.8) is 0 Å². The third kappa shape index (κ3) is 4.42. The molecule has 1 amide bonds. The first-order valence-corrected chi connectivity index (χ1v) is 12.0. The fraction of sp³-hybridized carbons (Fsp3) is 0.240. The highest BCUT2D eigenvalue weighted by atomic mass is 35.5. The van der Waals surface area contributed by atoms with Gasteiger partial charge in [-0.05, 0) is 32.0 Å². The van der Waals surface area contributed by atoms with E-state index in [4.69, 9.17) is 16.0 Å². The predicted octanol–water partition coefficient (Wildman–Crippen LogP) is 4.67. The molecule has 0 saturated carbocycles. The van der Waals surface area contributed by atoms with Crippen molar-refractivity contribution in [1.82, 2.24) is 34.8 Å². The Morgan fingerprint density at radius 2 is 1.94 bits per heavy atom. The molecule has 1 aromatic carbocycles. The Balaban J connectivity index is 1.53. The number of amides is 1. The maximum absolute atomic E-state index is 13.0. The van der Waals surface area contributed by atoms with Crippen LogP contribution < -0.4 is 4.90 Å². The molecular formula is C25H25ClN8O2. The van der Waals surface area contributed by atoms with E-state index in [1.165, 1.54) is 0 Å². The first kappa shape index (κ1) is 23.6. The fourth-order valence-corrected chi connectivity index (χ4v) is 4.32. The first-order valence-electron chi connectivity index (χ1n) is 11.6. The number of fused-ring (bicyclic) bond motifs is 1. The molecule has 0 bridgehead atoms. The van der Waals surface area contributed by atoms with Gasteiger partial charge < -0.3 is 14.3 Å². The molecule has 0 aliphatic heterocycles. The Kier molecular flexibility index (Phi) is 6.43. The number of rotatable bonds is 8. The van der Waals surface area contributed by atoms with Gasteiger partial charge in [-0.1, -0.05) is 28.8 Å². The van der Waals surface area contributed by atoms with Gasteiger partial charge in [-0.15, -0.1) is 5.10 Å². The fourth-order valence-electron chi connectivity index (χ4n) is 4.08. The van der Waals surface area contributed by atoms with Crippen LogP contribution in [0.15, 0.2) is 59.5 Å². The molecule has 10 nitrogen and oxygen atoms in total. The number of para-hydroxylation sites is 1. The Morgan fingerprint density at radius 3 is 2.67 bits per heavy atom. The van der Waals surface area contributed by atoms with E-state index in [2.05, 4.69) is 25.3 Å². The van der Waals surface area contributed by atoms with E-state index in [1.807, 2.05) is 51.4 Å². The van der Waals surface area contributed by atoms with Gasteiger partial charge in [0.2, 0.25) is 5.91 Å². The zero-order chi connectivity index (χ0) is 25.2. The van der Waals surface area contributed by atoms with Crippen molar-refractivity contribution in [2.75, 3.05) is 24.5 Å². The average Bonchev–Trinajstić information content (AvgIpc) is 3.63. The van der Waals surface area contributed by atoms with Crippen LogP contribution >= 0.6 is 11.6 Å². The Hall–Kier alpha value is -4.18. The lowest BCUT2D eigenvalue weighted by atomic mass is 10.1. The zero-order valence-corrected chi connectivity index (χ0v) is 20.9. The van der Waals surface area contributed by atoms with Gasteiger partial charge in [0, 0.05) is 55.2 Å². The number of likely N-dealkylation sites (N-methyl/N-ethyl adjacent to an activating group) is 1. The molecule has 0 atom stereocenters. The van der Waals surface area contributed by atoms with Crippen LogP contribution in [-0.4, -0.2) is 60.4 Å². The summed E-state index contributed by atoms with van der Waals surface area (Å²) in [7, 11) is 1.87. The van der Waals surface area contributed by atoms with Crippen molar-refractivity contribution in [3.8, 4) is 22.6 Å². The molecule has 0 aliphatic rings. The molecular weight excluding hydrogens is 480 g/mol. The second kappa shape index (κ2) is 9.82. The van der Waals surface area contributed by atoms with Gasteiger partial charge in [-0.2, -0.15) is 5.10 Å². The molecule has 4 aromatic heterocycles. The minimum absolute atomic E-state index is 0.00758. The van der Waals surface area contributed by atoms with Gasteiger partial charge in [0.05, 0.1) is 22.5 Å². The highest BCUT2D eigenvalue weighted by molar-refractivity contribution is 6.33. The highest BCUT2D eigenvalue weighted by Crippen LogP contribution is 2.35. The molecule has 5 rings (SSSR count). The summed E-state index contributed by atoms with van der Waals surface area (Å²) < 4.78 is 7.86. The molecule has 0 spiro atoms. The number of hydrogen-bond acceptors (Lipinski definition) is 7.